The highest BCUT2D eigenvalue weighted by Gasteiger charge is 2.46. The average molecular weight is 224 g/mol. The quantitative estimate of drug-likeness (QED) is 0.714. The van der Waals surface area contributed by atoms with Crippen LogP contribution in [0.15, 0.2) is 0 Å². The molecule has 2 fully saturated rings. The molecule has 1 unspecified atom stereocenters. The molecule has 0 amide bonds. The van der Waals surface area contributed by atoms with Crippen LogP contribution < -0.4 is 0 Å². The van der Waals surface area contributed by atoms with Gasteiger partial charge in [0.1, 0.15) is 0 Å². The average Bonchev–Trinajstić information content (AvgIpc) is 2.15. The maximum absolute atomic E-state index is 10.2. The second-order valence-electron chi connectivity index (χ2n) is 7.25. The minimum atomic E-state index is -0.474. The first-order valence-corrected chi connectivity index (χ1v) is 7.05. The van der Waals surface area contributed by atoms with Crippen LogP contribution in [-0.4, -0.2) is 10.7 Å². The van der Waals surface area contributed by atoms with Crippen molar-refractivity contribution in [1.29, 1.82) is 0 Å². The predicted molar refractivity (Wildman–Crippen MR) is 68.3 cm³/mol. The minimum Gasteiger partial charge on any atom is -0.390 e. The Balaban J connectivity index is 2.12. The van der Waals surface area contributed by atoms with Crippen molar-refractivity contribution in [2.45, 2.75) is 71.8 Å². The van der Waals surface area contributed by atoms with Crippen molar-refractivity contribution in [3.05, 3.63) is 0 Å². The Hall–Kier alpha value is -0.0400. The van der Waals surface area contributed by atoms with E-state index in [4.69, 9.17) is 0 Å². The van der Waals surface area contributed by atoms with Crippen LogP contribution in [0.25, 0.3) is 0 Å². The molecule has 0 radical (unpaired) electrons. The zero-order chi connectivity index (χ0) is 12.0. The molecule has 0 aromatic rings. The number of hydrogen-bond acceptors (Lipinski definition) is 1. The lowest BCUT2D eigenvalue weighted by molar-refractivity contribution is -0.0686. The van der Waals surface area contributed by atoms with E-state index >= 15 is 0 Å². The maximum atomic E-state index is 10.2. The lowest BCUT2D eigenvalue weighted by atomic mass is 9.54. The molecule has 0 saturated heterocycles. The highest BCUT2D eigenvalue weighted by molar-refractivity contribution is 4.97. The van der Waals surface area contributed by atoms with Crippen LogP contribution in [0.3, 0.4) is 0 Å². The third-order valence-electron chi connectivity index (χ3n) is 5.59. The highest BCUT2D eigenvalue weighted by Crippen LogP contribution is 2.55. The van der Waals surface area contributed by atoms with E-state index in [9.17, 15) is 5.11 Å². The molecular formula is C15H28O. The van der Waals surface area contributed by atoms with Gasteiger partial charge < -0.3 is 5.11 Å². The molecule has 1 heteroatoms. The third kappa shape index (κ3) is 2.16. The Morgan fingerprint density at radius 3 is 2.50 bits per heavy atom. The van der Waals surface area contributed by atoms with Gasteiger partial charge in [-0.05, 0) is 62.7 Å². The fourth-order valence-electron chi connectivity index (χ4n) is 4.30. The second-order valence-corrected chi connectivity index (χ2v) is 7.25. The molecule has 1 nitrogen and oxygen atoms in total. The Labute approximate surface area is 101 Å². The van der Waals surface area contributed by atoms with Crippen molar-refractivity contribution < 1.29 is 5.11 Å². The van der Waals surface area contributed by atoms with E-state index in [1.54, 1.807) is 0 Å². The first-order chi connectivity index (χ1) is 7.33. The summed E-state index contributed by atoms with van der Waals surface area (Å²) in [4.78, 5) is 0. The van der Waals surface area contributed by atoms with Crippen molar-refractivity contribution in [2.75, 3.05) is 0 Å². The lowest BCUT2D eigenvalue weighted by Crippen LogP contribution is -2.45. The van der Waals surface area contributed by atoms with Gasteiger partial charge in [0, 0.05) is 0 Å². The minimum absolute atomic E-state index is 0.474. The van der Waals surface area contributed by atoms with Gasteiger partial charge in [-0.2, -0.15) is 0 Å². The van der Waals surface area contributed by atoms with E-state index in [0.717, 1.165) is 11.8 Å². The summed E-state index contributed by atoms with van der Waals surface area (Å²) in [5.74, 6) is 2.24. The molecule has 0 aromatic heterocycles. The number of rotatable bonds is 1. The Kier molecular flexibility index (Phi) is 3.11. The van der Waals surface area contributed by atoms with Gasteiger partial charge in [0.25, 0.3) is 0 Å². The smallest absolute Gasteiger partial charge is 0.0619 e. The van der Waals surface area contributed by atoms with Crippen molar-refractivity contribution >= 4 is 0 Å². The fourth-order valence-corrected chi connectivity index (χ4v) is 4.30. The van der Waals surface area contributed by atoms with Crippen LogP contribution in [0.4, 0.5) is 0 Å². The molecule has 0 aromatic carbocycles. The van der Waals surface area contributed by atoms with Crippen molar-refractivity contribution in [2.24, 2.45) is 23.2 Å². The van der Waals surface area contributed by atoms with E-state index in [1.165, 1.54) is 38.5 Å². The first kappa shape index (κ1) is 12.4. The van der Waals surface area contributed by atoms with Crippen molar-refractivity contribution in [1.82, 2.24) is 0 Å². The Bertz CT molecular complexity index is 253. The summed E-state index contributed by atoms with van der Waals surface area (Å²) in [6, 6.07) is 0. The largest absolute Gasteiger partial charge is 0.390 e. The van der Waals surface area contributed by atoms with Gasteiger partial charge in [0.15, 0.2) is 0 Å². The molecule has 94 valence electrons. The fraction of sp³-hybridized carbons (Fsp3) is 1.00. The maximum Gasteiger partial charge on any atom is 0.0619 e. The molecule has 2 rings (SSSR count). The molecule has 2 aliphatic carbocycles. The Morgan fingerprint density at radius 1 is 1.19 bits per heavy atom. The summed E-state index contributed by atoms with van der Waals surface area (Å²) in [6.45, 7) is 8.91. The summed E-state index contributed by atoms with van der Waals surface area (Å²) in [7, 11) is 0. The molecule has 0 heterocycles. The topological polar surface area (TPSA) is 20.2 Å². The van der Waals surface area contributed by atoms with Gasteiger partial charge in [0.2, 0.25) is 0 Å². The van der Waals surface area contributed by atoms with Crippen LogP contribution in [0.1, 0.15) is 66.2 Å². The summed E-state index contributed by atoms with van der Waals surface area (Å²) >= 11 is 0. The molecule has 0 bridgehead atoms. The van der Waals surface area contributed by atoms with Gasteiger partial charge in [-0.15, -0.1) is 0 Å². The number of hydrogen-bond donors (Lipinski definition) is 1. The second kappa shape index (κ2) is 4.01. The number of aliphatic hydroxyl groups is 1. The highest BCUT2D eigenvalue weighted by atomic mass is 16.3. The van der Waals surface area contributed by atoms with Crippen LogP contribution in [0, 0.1) is 23.2 Å². The van der Waals surface area contributed by atoms with Gasteiger partial charge in [-0.25, -0.2) is 0 Å². The Morgan fingerprint density at radius 2 is 1.88 bits per heavy atom. The van der Waals surface area contributed by atoms with Gasteiger partial charge >= 0.3 is 0 Å². The van der Waals surface area contributed by atoms with Gasteiger partial charge in [0.05, 0.1) is 5.60 Å². The van der Waals surface area contributed by atoms with Crippen LogP contribution in [0.2, 0.25) is 0 Å². The van der Waals surface area contributed by atoms with Crippen molar-refractivity contribution in [3.63, 3.8) is 0 Å². The van der Waals surface area contributed by atoms with Crippen molar-refractivity contribution in [3.8, 4) is 0 Å². The third-order valence-corrected chi connectivity index (χ3v) is 5.59. The van der Waals surface area contributed by atoms with Crippen LogP contribution in [0.5, 0.6) is 0 Å². The SMILES string of the molecule is CC1CCC[C@]2(C)CC[C@@H](C(C)(C)O)C[C@H]12. The number of fused-ring (bicyclic) bond motifs is 1. The summed E-state index contributed by atoms with van der Waals surface area (Å²) in [5.41, 5.74) is 0.109. The first-order valence-electron chi connectivity index (χ1n) is 7.05. The van der Waals surface area contributed by atoms with E-state index in [2.05, 4.69) is 13.8 Å². The molecule has 0 aliphatic heterocycles. The van der Waals surface area contributed by atoms with E-state index in [-0.39, 0.29) is 0 Å². The summed E-state index contributed by atoms with van der Waals surface area (Å²) < 4.78 is 0. The summed E-state index contributed by atoms with van der Waals surface area (Å²) in [6.07, 6.45) is 8.04. The van der Waals surface area contributed by atoms with Crippen LogP contribution in [-0.2, 0) is 0 Å². The predicted octanol–water partition coefficient (Wildman–Crippen LogP) is 4.00. The zero-order valence-corrected chi connectivity index (χ0v) is 11.4. The molecule has 16 heavy (non-hydrogen) atoms. The van der Waals surface area contributed by atoms with Crippen LogP contribution >= 0.6 is 0 Å². The van der Waals surface area contributed by atoms with Gasteiger partial charge in [-0.1, -0.05) is 26.7 Å². The molecule has 0 spiro atoms. The standard InChI is InChI=1S/C15H28O/c1-11-6-5-8-15(4)9-7-12(10-13(11)15)14(2,3)16/h11-13,16H,5-10H2,1-4H3/t11?,12-,13-,15-/m1/s1. The normalized spacial score (nSPS) is 45.2. The molecule has 2 aliphatic rings. The summed E-state index contributed by atoms with van der Waals surface area (Å²) in [5, 5.41) is 10.2. The van der Waals surface area contributed by atoms with E-state index in [1.807, 2.05) is 13.8 Å². The molecular weight excluding hydrogens is 196 g/mol. The van der Waals surface area contributed by atoms with Gasteiger partial charge in [-0.3, -0.25) is 0 Å². The molecule has 4 atom stereocenters. The molecule has 2 saturated carbocycles. The monoisotopic (exact) mass is 224 g/mol. The molecule has 1 N–H and O–H groups in total. The lowest BCUT2D eigenvalue weighted by Gasteiger charge is -2.52. The zero-order valence-electron chi connectivity index (χ0n) is 11.4. The van der Waals surface area contributed by atoms with E-state index < -0.39 is 5.60 Å². The van der Waals surface area contributed by atoms with E-state index in [0.29, 0.717) is 11.3 Å².